The monoisotopic (exact) mass is 308 g/mol. The van der Waals surface area contributed by atoms with Crippen LogP contribution in [-0.2, 0) is 11.2 Å². The lowest BCUT2D eigenvalue weighted by atomic mass is 9.89. The second-order valence-corrected chi connectivity index (χ2v) is 5.50. The van der Waals surface area contributed by atoms with Gasteiger partial charge in [-0.2, -0.15) is 0 Å². The van der Waals surface area contributed by atoms with Crippen molar-refractivity contribution in [3.8, 4) is 5.75 Å². The highest BCUT2D eigenvalue weighted by atomic mass is 16.4. The number of fused-ring (bicyclic) bond motifs is 1. The molecule has 0 aliphatic rings. The topological polar surface area (TPSA) is 67.5 Å². The van der Waals surface area contributed by atoms with Crippen LogP contribution in [0.25, 0.3) is 11.0 Å². The molecule has 4 heteroatoms. The second-order valence-electron chi connectivity index (χ2n) is 5.50. The molecule has 0 radical (unpaired) electrons. The van der Waals surface area contributed by atoms with Gasteiger partial charge in [-0.15, -0.1) is 0 Å². The summed E-state index contributed by atoms with van der Waals surface area (Å²) in [5.74, 6) is -1.10. The first-order chi connectivity index (χ1) is 11.1. The van der Waals surface area contributed by atoms with Crippen molar-refractivity contribution in [3.63, 3.8) is 0 Å². The molecule has 116 valence electrons. The molecule has 0 spiro atoms. The zero-order chi connectivity index (χ0) is 16.4. The SMILES string of the molecule is CC(=O)C(Cc1ccccc1)c1c(O)c2ccccc2oc1=O. The molecule has 1 N–H and O–H groups in total. The van der Waals surface area contributed by atoms with Gasteiger partial charge in [0.2, 0.25) is 0 Å². The summed E-state index contributed by atoms with van der Waals surface area (Å²) in [6.07, 6.45) is 0.340. The molecule has 4 nitrogen and oxygen atoms in total. The van der Waals surface area contributed by atoms with Gasteiger partial charge in [0.15, 0.2) is 0 Å². The molecule has 0 fully saturated rings. The van der Waals surface area contributed by atoms with E-state index in [0.717, 1.165) is 5.56 Å². The Kier molecular flexibility index (Phi) is 3.98. The third kappa shape index (κ3) is 2.88. The van der Waals surface area contributed by atoms with Crippen molar-refractivity contribution >= 4 is 16.8 Å². The van der Waals surface area contributed by atoms with Crippen LogP contribution < -0.4 is 5.63 Å². The van der Waals surface area contributed by atoms with Gasteiger partial charge in [-0.05, 0) is 31.0 Å². The van der Waals surface area contributed by atoms with Crippen LogP contribution in [0.3, 0.4) is 0 Å². The number of carbonyl (C=O) groups is 1. The van der Waals surface area contributed by atoms with Crippen LogP contribution in [0, 0.1) is 0 Å². The maximum absolute atomic E-state index is 12.3. The van der Waals surface area contributed by atoms with Crippen molar-refractivity contribution in [2.75, 3.05) is 0 Å². The molecular formula is C19H16O4. The van der Waals surface area contributed by atoms with Gasteiger partial charge in [0.1, 0.15) is 17.1 Å². The van der Waals surface area contributed by atoms with Crippen molar-refractivity contribution in [1.82, 2.24) is 0 Å². The van der Waals surface area contributed by atoms with Crippen molar-refractivity contribution in [2.45, 2.75) is 19.3 Å². The van der Waals surface area contributed by atoms with Gasteiger partial charge in [-0.3, -0.25) is 4.79 Å². The molecule has 3 aromatic rings. The van der Waals surface area contributed by atoms with E-state index in [0.29, 0.717) is 17.4 Å². The zero-order valence-electron chi connectivity index (χ0n) is 12.7. The smallest absolute Gasteiger partial charge is 0.343 e. The van der Waals surface area contributed by atoms with E-state index < -0.39 is 11.5 Å². The van der Waals surface area contributed by atoms with E-state index in [1.807, 2.05) is 30.3 Å². The van der Waals surface area contributed by atoms with E-state index in [1.54, 1.807) is 24.3 Å². The summed E-state index contributed by atoms with van der Waals surface area (Å²) in [7, 11) is 0. The quantitative estimate of drug-likeness (QED) is 0.750. The van der Waals surface area contributed by atoms with Crippen molar-refractivity contribution in [2.24, 2.45) is 0 Å². The number of carbonyl (C=O) groups excluding carboxylic acids is 1. The van der Waals surface area contributed by atoms with Crippen LogP contribution in [-0.4, -0.2) is 10.9 Å². The van der Waals surface area contributed by atoms with Crippen LogP contribution in [0.15, 0.2) is 63.8 Å². The first kappa shape index (κ1) is 15.0. The van der Waals surface area contributed by atoms with Gasteiger partial charge in [-0.25, -0.2) is 4.79 Å². The number of hydrogen-bond donors (Lipinski definition) is 1. The maximum atomic E-state index is 12.3. The van der Waals surface area contributed by atoms with E-state index in [2.05, 4.69) is 0 Å². The normalized spacial score (nSPS) is 12.2. The van der Waals surface area contributed by atoms with E-state index >= 15 is 0 Å². The molecule has 1 aromatic heterocycles. The fourth-order valence-electron chi connectivity index (χ4n) is 2.75. The number of para-hydroxylation sites is 1. The van der Waals surface area contributed by atoms with E-state index in [1.165, 1.54) is 6.92 Å². The minimum Gasteiger partial charge on any atom is -0.507 e. The molecule has 3 rings (SSSR count). The minimum atomic E-state index is -0.738. The van der Waals surface area contributed by atoms with Gasteiger partial charge < -0.3 is 9.52 Å². The van der Waals surface area contributed by atoms with Gasteiger partial charge in [0.25, 0.3) is 0 Å². The van der Waals surface area contributed by atoms with Crippen LogP contribution in [0.2, 0.25) is 0 Å². The molecule has 2 aromatic carbocycles. The standard InChI is InChI=1S/C19H16O4/c1-12(20)15(11-13-7-3-2-4-8-13)17-18(21)14-9-5-6-10-16(14)23-19(17)22/h2-10,15,21H,11H2,1H3. The highest BCUT2D eigenvalue weighted by molar-refractivity contribution is 5.89. The van der Waals surface area contributed by atoms with Crippen LogP contribution >= 0.6 is 0 Å². The molecule has 23 heavy (non-hydrogen) atoms. The molecule has 0 aliphatic heterocycles. The Morgan fingerprint density at radius 3 is 2.43 bits per heavy atom. The lowest BCUT2D eigenvalue weighted by molar-refractivity contribution is -0.118. The summed E-state index contributed by atoms with van der Waals surface area (Å²) in [4.78, 5) is 24.4. The Bertz CT molecular complexity index is 910. The molecule has 0 saturated carbocycles. The zero-order valence-corrected chi connectivity index (χ0v) is 12.7. The van der Waals surface area contributed by atoms with Crippen molar-refractivity contribution in [1.29, 1.82) is 0 Å². The lowest BCUT2D eigenvalue weighted by Gasteiger charge is -2.15. The number of rotatable bonds is 4. The Labute approximate surface area is 133 Å². The molecule has 1 heterocycles. The summed E-state index contributed by atoms with van der Waals surface area (Å²) in [6, 6.07) is 16.1. The number of hydrogen-bond acceptors (Lipinski definition) is 4. The lowest BCUT2D eigenvalue weighted by Crippen LogP contribution is -2.20. The fraction of sp³-hybridized carbons (Fsp3) is 0.158. The Hall–Kier alpha value is -2.88. The summed E-state index contributed by atoms with van der Waals surface area (Å²) in [5.41, 5.74) is 0.581. The molecular weight excluding hydrogens is 292 g/mol. The van der Waals surface area contributed by atoms with Crippen molar-refractivity contribution < 1.29 is 14.3 Å². The van der Waals surface area contributed by atoms with Gasteiger partial charge in [0.05, 0.1) is 16.9 Å². The number of aromatic hydroxyl groups is 1. The molecule has 1 atom stereocenters. The predicted molar refractivity (Wildman–Crippen MR) is 87.7 cm³/mol. The molecule has 0 aliphatic carbocycles. The third-order valence-corrected chi connectivity index (χ3v) is 3.94. The first-order valence-corrected chi connectivity index (χ1v) is 7.37. The number of benzene rings is 2. The highest BCUT2D eigenvalue weighted by Gasteiger charge is 2.26. The summed E-state index contributed by atoms with van der Waals surface area (Å²) in [5, 5.41) is 10.9. The highest BCUT2D eigenvalue weighted by Crippen LogP contribution is 2.32. The van der Waals surface area contributed by atoms with Crippen LogP contribution in [0.4, 0.5) is 0 Å². The van der Waals surface area contributed by atoms with Crippen LogP contribution in [0.1, 0.15) is 24.0 Å². The minimum absolute atomic E-state index is 0.0278. The summed E-state index contributed by atoms with van der Waals surface area (Å²) < 4.78 is 5.27. The summed E-state index contributed by atoms with van der Waals surface area (Å²) >= 11 is 0. The average Bonchev–Trinajstić information content (AvgIpc) is 2.54. The Morgan fingerprint density at radius 2 is 1.74 bits per heavy atom. The van der Waals surface area contributed by atoms with Crippen molar-refractivity contribution in [3.05, 3.63) is 76.1 Å². The number of ketones is 1. The maximum Gasteiger partial charge on any atom is 0.343 e. The molecule has 1 unspecified atom stereocenters. The molecule has 0 saturated heterocycles. The van der Waals surface area contributed by atoms with E-state index in [4.69, 9.17) is 4.42 Å². The molecule has 0 amide bonds. The number of Topliss-reactive ketones (excluding diaryl/α,β-unsaturated/α-hetero) is 1. The Balaban J connectivity index is 2.15. The third-order valence-electron chi connectivity index (χ3n) is 3.94. The van der Waals surface area contributed by atoms with Crippen LogP contribution in [0.5, 0.6) is 5.75 Å². The van der Waals surface area contributed by atoms with Gasteiger partial charge in [-0.1, -0.05) is 42.5 Å². The summed E-state index contributed by atoms with van der Waals surface area (Å²) in [6.45, 7) is 1.42. The first-order valence-electron chi connectivity index (χ1n) is 7.37. The van der Waals surface area contributed by atoms with Gasteiger partial charge in [0, 0.05) is 0 Å². The average molecular weight is 308 g/mol. The van der Waals surface area contributed by atoms with E-state index in [9.17, 15) is 14.7 Å². The Morgan fingerprint density at radius 1 is 1.09 bits per heavy atom. The van der Waals surface area contributed by atoms with E-state index in [-0.39, 0.29) is 17.1 Å². The second kappa shape index (κ2) is 6.08. The largest absolute Gasteiger partial charge is 0.507 e. The predicted octanol–water partition coefficient (Wildman–Crippen LogP) is 3.41. The fourth-order valence-corrected chi connectivity index (χ4v) is 2.75. The molecule has 0 bridgehead atoms. The van der Waals surface area contributed by atoms with Gasteiger partial charge >= 0.3 is 5.63 Å².